The standard InChI is InChI=1S/C47H29N3O/c1-2-12-34(13-3-1)45-48-46(38-25-21-31-11-5-7-15-36(31)29-38)50-47(49-45)44-39(26-27-42-43(44)40-16-8-9-17-41(40)51-42)33-22-18-32(19-23-33)37-24-20-30-10-4-6-14-35(30)28-37/h1-29H. The van der Waals surface area contributed by atoms with Gasteiger partial charge in [0.2, 0.25) is 0 Å². The zero-order valence-electron chi connectivity index (χ0n) is 27.5. The van der Waals surface area contributed by atoms with Gasteiger partial charge in [0.25, 0.3) is 0 Å². The summed E-state index contributed by atoms with van der Waals surface area (Å²) >= 11 is 0. The van der Waals surface area contributed by atoms with E-state index in [1.807, 2.05) is 42.5 Å². The van der Waals surface area contributed by atoms with Crippen molar-refractivity contribution in [2.45, 2.75) is 0 Å². The van der Waals surface area contributed by atoms with Crippen molar-refractivity contribution < 1.29 is 4.42 Å². The van der Waals surface area contributed by atoms with Gasteiger partial charge in [-0.3, -0.25) is 0 Å². The van der Waals surface area contributed by atoms with Crippen LogP contribution in [-0.4, -0.2) is 15.0 Å². The van der Waals surface area contributed by atoms with Gasteiger partial charge >= 0.3 is 0 Å². The van der Waals surface area contributed by atoms with Crippen molar-refractivity contribution >= 4 is 43.5 Å². The predicted octanol–water partition coefficient (Wildman–Crippen LogP) is 12.4. The summed E-state index contributed by atoms with van der Waals surface area (Å²) in [5.41, 5.74) is 8.81. The lowest BCUT2D eigenvalue weighted by Crippen LogP contribution is -2.01. The Labute approximate surface area is 294 Å². The van der Waals surface area contributed by atoms with E-state index in [0.29, 0.717) is 17.5 Å². The molecule has 4 nitrogen and oxygen atoms in total. The number of hydrogen-bond acceptors (Lipinski definition) is 4. The van der Waals surface area contributed by atoms with E-state index in [-0.39, 0.29) is 0 Å². The van der Waals surface area contributed by atoms with Gasteiger partial charge in [-0.05, 0) is 74.1 Å². The third-order valence-electron chi connectivity index (χ3n) is 9.72. The average Bonchev–Trinajstić information content (AvgIpc) is 3.59. The minimum absolute atomic E-state index is 0.595. The Morgan fingerprint density at radius 3 is 1.63 bits per heavy atom. The van der Waals surface area contributed by atoms with Crippen molar-refractivity contribution in [1.82, 2.24) is 15.0 Å². The third-order valence-corrected chi connectivity index (χ3v) is 9.72. The quantitative estimate of drug-likeness (QED) is 0.186. The van der Waals surface area contributed by atoms with Gasteiger partial charge in [0.05, 0.1) is 0 Å². The van der Waals surface area contributed by atoms with E-state index in [4.69, 9.17) is 19.4 Å². The monoisotopic (exact) mass is 651 g/mol. The van der Waals surface area contributed by atoms with Gasteiger partial charge in [-0.25, -0.2) is 15.0 Å². The Hall–Kier alpha value is -6.91. The number of furan rings is 1. The molecule has 2 heterocycles. The molecule has 0 atom stereocenters. The van der Waals surface area contributed by atoms with Crippen LogP contribution in [0.1, 0.15) is 0 Å². The maximum atomic E-state index is 6.42. The van der Waals surface area contributed by atoms with Crippen LogP contribution in [0.2, 0.25) is 0 Å². The zero-order valence-corrected chi connectivity index (χ0v) is 27.5. The molecule has 0 N–H and O–H groups in total. The van der Waals surface area contributed by atoms with Gasteiger partial charge in [-0.2, -0.15) is 0 Å². The van der Waals surface area contributed by atoms with Crippen molar-refractivity contribution in [3.05, 3.63) is 176 Å². The number of nitrogens with zero attached hydrogens (tertiary/aromatic N) is 3. The van der Waals surface area contributed by atoms with Crippen molar-refractivity contribution in [1.29, 1.82) is 0 Å². The maximum Gasteiger partial charge on any atom is 0.165 e. The van der Waals surface area contributed by atoms with Crippen molar-refractivity contribution in [2.75, 3.05) is 0 Å². The highest BCUT2D eigenvalue weighted by atomic mass is 16.3. The van der Waals surface area contributed by atoms with Gasteiger partial charge in [0.1, 0.15) is 11.2 Å². The molecule has 0 aliphatic heterocycles. The number of rotatable bonds is 5. The summed E-state index contributed by atoms with van der Waals surface area (Å²) in [6, 6.07) is 61.1. The summed E-state index contributed by atoms with van der Waals surface area (Å²) in [5.74, 6) is 1.83. The lowest BCUT2D eigenvalue weighted by Gasteiger charge is -2.14. The molecule has 0 bridgehead atoms. The van der Waals surface area contributed by atoms with Crippen molar-refractivity contribution in [2.24, 2.45) is 0 Å². The SMILES string of the molecule is c1ccc(-c2nc(-c3ccc4ccccc4c3)nc(-c3c(-c4ccc(-c5ccc6ccccc6c5)cc4)ccc4oc5ccccc5c34)n2)cc1. The summed E-state index contributed by atoms with van der Waals surface area (Å²) in [6.07, 6.45) is 0. The molecule has 0 saturated heterocycles. The molecule has 0 aliphatic carbocycles. The van der Waals surface area contributed by atoms with Crippen LogP contribution in [0.15, 0.2) is 180 Å². The Balaban J connectivity index is 1.21. The first-order valence-electron chi connectivity index (χ1n) is 17.1. The highest BCUT2D eigenvalue weighted by Gasteiger charge is 2.22. The van der Waals surface area contributed by atoms with Gasteiger partial charge in [0, 0.05) is 27.5 Å². The molecule has 0 aliphatic rings. The highest BCUT2D eigenvalue weighted by Crippen LogP contribution is 2.43. The molecule has 0 saturated carbocycles. The molecule has 0 radical (unpaired) electrons. The number of para-hydroxylation sites is 1. The van der Waals surface area contributed by atoms with Gasteiger partial charge < -0.3 is 4.42 Å². The third kappa shape index (κ3) is 5.13. The van der Waals surface area contributed by atoms with Gasteiger partial charge in [0.15, 0.2) is 17.5 Å². The summed E-state index contributed by atoms with van der Waals surface area (Å²) in [5, 5.41) is 6.77. The molecule has 0 spiro atoms. The van der Waals surface area contributed by atoms with E-state index in [2.05, 4.69) is 133 Å². The molecule has 0 unspecified atom stereocenters. The number of benzene rings is 8. The van der Waals surface area contributed by atoms with Gasteiger partial charge in [-0.15, -0.1) is 0 Å². The molecule has 2 aromatic heterocycles. The van der Waals surface area contributed by atoms with Crippen LogP contribution in [0.3, 0.4) is 0 Å². The fourth-order valence-electron chi connectivity index (χ4n) is 7.16. The predicted molar refractivity (Wildman–Crippen MR) is 209 cm³/mol. The zero-order chi connectivity index (χ0) is 33.7. The Morgan fingerprint density at radius 2 is 0.882 bits per heavy atom. The first kappa shape index (κ1) is 29.0. The lowest BCUT2D eigenvalue weighted by molar-refractivity contribution is 0.669. The second-order valence-corrected chi connectivity index (χ2v) is 12.8. The number of fused-ring (bicyclic) bond motifs is 5. The average molecular weight is 652 g/mol. The minimum Gasteiger partial charge on any atom is -0.456 e. The second kappa shape index (κ2) is 11.9. The molecule has 0 fully saturated rings. The molecule has 4 heteroatoms. The van der Waals surface area contributed by atoms with E-state index >= 15 is 0 Å². The molecule has 0 amide bonds. The smallest absolute Gasteiger partial charge is 0.165 e. The molecular weight excluding hydrogens is 623 g/mol. The fraction of sp³-hybridized carbons (Fsp3) is 0. The van der Waals surface area contributed by atoms with E-state index in [1.165, 1.54) is 21.7 Å². The molecule has 8 aromatic carbocycles. The molecule has 238 valence electrons. The second-order valence-electron chi connectivity index (χ2n) is 12.8. The van der Waals surface area contributed by atoms with Crippen molar-refractivity contribution in [3.63, 3.8) is 0 Å². The van der Waals surface area contributed by atoms with Crippen LogP contribution in [0.25, 0.3) is 99.9 Å². The normalized spacial score (nSPS) is 11.5. The van der Waals surface area contributed by atoms with Gasteiger partial charge in [-0.1, -0.05) is 146 Å². The number of aromatic nitrogens is 3. The summed E-state index contributed by atoms with van der Waals surface area (Å²) in [7, 11) is 0. The first-order valence-corrected chi connectivity index (χ1v) is 17.1. The van der Waals surface area contributed by atoms with Crippen LogP contribution in [0.5, 0.6) is 0 Å². The van der Waals surface area contributed by atoms with Crippen LogP contribution in [0, 0.1) is 0 Å². The van der Waals surface area contributed by atoms with E-state index < -0.39 is 0 Å². The Morgan fingerprint density at radius 1 is 0.333 bits per heavy atom. The van der Waals surface area contributed by atoms with Crippen molar-refractivity contribution in [3.8, 4) is 56.4 Å². The number of hydrogen-bond donors (Lipinski definition) is 0. The summed E-state index contributed by atoms with van der Waals surface area (Å²) in [4.78, 5) is 15.5. The molecule has 10 rings (SSSR count). The largest absolute Gasteiger partial charge is 0.456 e. The lowest BCUT2D eigenvalue weighted by atomic mass is 9.93. The summed E-state index contributed by atoms with van der Waals surface area (Å²) in [6.45, 7) is 0. The first-order chi connectivity index (χ1) is 25.2. The fourth-order valence-corrected chi connectivity index (χ4v) is 7.16. The Kier molecular flexibility index (Phi) is 6.78. The van der Waals surface area contributed by atoms with Crippen LogP contribution < -0.4 is 0 Å². The topological polar surface area (TPSA) is 51.8 Å². The van der Waals surface area contributed by atoms with E-state index in [1.54, 1.807) is 0 Å². The molecule has 10 aromatic rings. The Bertz CT molecular complexity index is 2910. The maximum absolute atomic E-state index is 6.42. The van der Waals surface area contributed by atoms with Crippen LogP contribution in [-0.2, 0) is 0 Å². The van der Waals surface area contributed by atoms with E-state index in [9.17, 15) is 0 Å². The van der Waals surface area contributed by atoms with Crippen LogP contribution in [0.4, 0.5) is 0 Å². The molecule has 51 heavy (non-hydrogen) atoms. The van der Waals surface area contributed by atoms with Crippen LogP contribution >= 0.6 is 0 Å². The summed E-state index contributed by atoms with van der Waals surface area (Å²) < 4.78 is 6.42. The van der Waals surface area contributed by atoms with E-state index in [0.717, 1.165) is 60.7 Å². The molecular formula is C47H29N3O. The highest BCUT2D eigenvalue weighted by molar-refractivity contribution is 6.15. The minimum atomic E-state index is 0.595.